The lowest BCUT2D eigenvalue weighted by Gasteiger charge is -2.02. The molecular weight excluding hydrogens is 264 g/mol. The van der Waals surface area contributed by atoms with E-state index in [4.69, 9.17) is 4.42 Å². The Bertz CT molecular complexity index is 572. The highest BCUT2D eigenvalue weighted by atomic mass is 32.2. The summed E-state index contributed by atoms with van der Waals surface area (Å²) in [4.78, 5) is 11.5. The maximum absolute atomic E-state index is 11.5. The van der Waals surface area contributed by atoms with Gasteiger partial charge in [0, 0.05) is 6.54 Å². The first-order valence-corrected chi connectivity index (χ1v) is 7.23. The standard InChI is InChI=1S/C12H18N4O2S/c1-3-6-16-11(17)14-15-12(16)19-8-10-5-4-9(18-10)7-13-2/h4-5,13H,3,6-8H2,1-2H3,(H,14,17). The Kier molecular flexibility index (Phi) is 4.86. The van der Waals surface area contributed by atoms with E-state index in [9.17, 15) is 4.79 Å². The van der Waals surface area contributed by atoms with Crippen molar-refractivity contribution >= 4 is 11.8 Å². The van der Waals surface area contributed by atoms with Crippen LogP contribution in [0.5, 0.6) is 0 Å². The predicted molar refractivity (Wildman–Crippen MR) is 74.2 cm³/mol. The summed E-state index contributed by atoms with van der Waals surface area (Å²) in [6.07, 6.45) is 0.903. The van der Waals surface area contributed by atoms with Crippen LogP contribution in [0.15, 0.2) is 26.5 Å². The first kappa shape index (κ1) is 14.0. The molecule has 0 atom stereocenters. The first-order chi connectivity index (χ1) is 9.24. The molecule has 0 aliphatic rings. The summed E-state index contributed by atoms with van der Waals surface area (Å²) in [5, 5.41) is 10.3. The van der Waals surface area contributed by atoms with E-state index in [1.807, 2.05) is 26.1 Å². The van der Waals surface area contributed by atoms with Crippen LogP contribution in [0.3, 0.4) is 0 Å². The highest BCUT2D eigenvalue weighted by molar-refractivity contribution is 7.98. The number of hydrogen-bond acceptors (Lipinski definition) is 5. The Morgan fingerprint density at radius 1 is 1.47 bits per heavy atom. The van der Waals surface area contributed by atoms with Gasteiger partial charge in [0.15, 0.2) is 5.16 Å². The maximum Gasteiger partial charge on any atom is 0.343 e. The summed E-state index contributed by atoms with van der Waals surface area (Å²) in [5.41, 5.74) is -0.153. The quantitative estimate of drug-likeness (QED) is 0.754. The van der Waals surface area contributed by atoms with Gasteiger partial charge in [-0.3, -0.25) is 4.57 Å². The highest BCUT2D eigenvalue weighted by Crippen LogP contribution is 2.21. The Morgan fingerprint density at radius 2 is 2.26 bits per heavy atom. The number of hydrogen-bond donors (Lipinski definition) is 2. The fourth-order valence-corrected chi connectivity index (χ4v) is 2.61. The van der Waals surface area contributed by atoms with Crippen LogP contribution in [0, 0.1) is 0 Å². The number of H-pyrrole nitrogens is 1. The van der Waals surface area contributed by atoms with Gasteiger partial charge in [0.05, 0.1) is 12.3 Å². The lowest BCUT2D eigenvalue weighted by Crippen LogP contribution is -2.17. The molecule has 0 saturated carbocycles. The van der Waals surface area contributed by atoms with Gasteiger partial charge in [0.25, 0.3) is 0 Å². The van der Waals surface area contributed by atoms with Crippen LogP contribution < -0.4 is 11.0 Å². The molecule has 0 amide bonds. The third kappa shape index (κ3) is 3.51. The Labute approximate surface area is 115 Å². The first-order valence-electron chi connectivity index (χ1n) is 6.24. The smallest absolute Gasteiger partial charge is 0.343 e. The molecule has 2 heterocycles. The van der Waals surface area contributed by atoms with Crippen LogP contribution in [-0.4, -0.2) is 21.8 Å². The molecule has 0 bridgehead atoms. The van der Waals surface area contributed by atoms with E-state index in [1.165, 1.54) is 11.8 Å². The van der Waals surface area contributed by atoms with Gasteiger partial charge in [0.2, 0.25) is 0 Å². The van der Waals surface area contributed by atoms with E-state index < -0.39 is 0 Å². The summed E-state index contributed by atoms with van der Waals surface area (Å²) in [6.45, 7) is 3.43. The molecule has 0 aromatic carbocycles. The topological polar surface area (TPSA) is 75.8 Å². The largest absolute Gasteiger partial charge is 0.464 e. The van der Waals surface area contributed by atoms with Gasteiger partial charge >= 0.3 is 5.69 Å². The van der Waals surface area contributed by atoms with Gasteiger partial charge in [-0.2, -0.15) is 0 Å². The van der Waals surface area contributed by atoms with Crippen LogP contribution in [-0.2, 0) is 18.8 Å². The molecule has 104 valence electrons. The van der Waals surface area contributed by atoms with E-state index in [2.05, 4.69) is 15.5 Å². The molecular formula is C12H18N4O2S. The number of aromatic nitrogens is 3. The predicted octanol–water partition coefficient (Wildman–Crippen LogP) is 1.59. The van der Waals surface area contributed by atoms with Crippen LogP contribution >= 0.6 is 11.8 Å². The zero-order chi connectivity index (χ0) is 13.7. The van der Waals surface area contributed by atoms with Crippen molar-refractivity contribution in [1.29, 1.82) is 0 Å². The van der Waals surface area contributed by atoms with Crippen LogP contribution in [0.2, 0.25) is 0 Å². The van der Waals surface area contributed by atoms with E-state index in [-0.39, 0.29) is 5.69 Å². The zero-order valence-corrected chi connectivity index (χ0v) is 11.9. The molecule has 2 aromatic rings. The van der Waals surface area contributed by atoms with Crippen molar-refractivity contribution in [1.82, 2.24) is 20.1 Å². The molecule has 0 aliphatic heterocycles. The Hall–Kier alpha value is -1.47. The second-order valence-corrected chi connectivity index (χ2v) is 5.09. The van der Waals surface area contributed by atoms with Crippen LogP contribution in [0.25, 0.3) is 0 Å². The second-order valence-electron chi connectivity index (χ2n) is 4.15. The number of rotatable bonds is 7. The van der Waals surface area contributed by atoms with Crippen molar-refractivity contribution in [3.63, 3.8) is 0 Å². The summed E-state index contributed by atoms with van der Waals surface area (Å²) in [7, 11) is 1.88. The number of furan rings is 1. The molecule has 0 aliphatic carbocycles. The monoisotopic (exact) mass is 282 g/mol. The van der Waals surface area contributed by atoms with Gasteiger partial charge < -0.3 is 9.73 Å². The third-order valence-electron chi connectivity index (χ3n) is 2.58. The summed E-state index contributed by atoms with van der Waals surface area (Å²) < 4.78 is 7.30. The fourth-order valence-electron chi connectivity index (χ4n) is 1.74. The fraction of sp³-hybridized carbons (Fsp3) is 0.500. The number of nitrogens with zero attached hydrogens (tertiary/aromatic N) is 2. The molecule has 6 nitrogen and oxygen atoms in total. The number of thioether (sulfide) groups is 1. The van der Waals surface area contributed by atoms with E-state index in [0.29, 0.717) is 24.0 Å². The van der Waals surface area contributed by atoms with Crippen LogP contribution in [0.1, 0.15) is 24.9 Å². The minimum Gasteiger partial charge on any atom is -0.464 e. The molecule has 2 rings (SSSR count). The summed E-state index contributed by atoms with van der Waals surface area (Å²) in [6, 6.07) is 3.91. The molecule has 0 unspecified atom stereocenters. The lowest BCUT2D eigenvalue weighted by atomic mass is 10.4. The molecule has 0 radical (unpaired) electrons. The van der Waals surface area contributed by atoms with Gasteiger partial charge in [-0.15, -0.1) is 5.10 Å². The number of aromatic amines is 1. The molecule has 0 spiro atoms. The Balaban J connectivity index is 1.99. The van der Waals surface area contributed by atoms with Crippen molar-refractivity contribution in [3.05, 3.63) is 34.1 Å². The number of nitrogens with one attached hydrogen (secondary N) is 2. The van der Waals surface area contributed by atoms with Crippen molar-refractivity contribution in [2.45, 2.75) is 37.3 Å². The SMILES string of the molecule is CCCn1c(SCc2ccc(CNC)o2)n[nH]c1=O. The van der Waals surface area contributed by atoms with Gasteiger partial charge in [-0.05, 0) is 25.6 Å². The average Bonchev–Trinajstić information content (AvgIpc) is 2.97. The van der Waals surface area contributed by atoms with Crippen LogP contribution in [0.4, 0.5) is 0 Å². The molecule has 2 aromatic heterocycles. The second kappa shape index (κ2) is 6.63. The van der Waals surface area contributed by atoms with E-state index in [1.54, 1.807) is 4.57 Å². The van der Waals surface area contributed by atoms with E-state index >= 15 is 0 Å². The van der Waals surface area contributed by atoms with E-state index in [0.717, 1.165) is 17.9 Å². The van der Waals surface area contributed by atoms with Gasteiger partial charge in [0.1, 0.15) is 11.5 Å². The molecule has 0 fully saturated rings. The van der Waals surface area contributed by atoms with Crippen molar-refractivity contribution in [2.24, 2.45) is 0 Å². The molecule has 19 heavy (non-hydrogen) atoms. The third-order valence-corrected chi connectivity index (χ3v) is 3.58. The van der Waals surface area contributed by atoms with Crippen molar-refractivity contribution < 1.29 is 4.42 Å². The van der Waals surface area contributed by atoms with Crippen molar-refractivity contribution in [3.8, 4) is 0 Å². The highest BCUT2D eigenvalue weighted by Gasteiger charge is 2.09. The minimum atomic E-state index is -0.153. The van der Waals surface area contributed by atoms with Crippen molar-refractivity contribution in [2.75, 3.05) is 7.05 Å². The average molecular weight is 282 g/mol. The maximum atomic E-state index is 11.5. The molecule has 0 saturated heterocycles. The molecule has 7 heteroatoms. The lowest BCUT2D eigenvalue weighted by molar-refractivity contribution is 0.468. The zero-order valence-electron chi connectivity index (χ0n) is 11.1. The normalized spacial score (nSPS) is 11.1. The Morgan fingerprint density at radius 3 is 3.00 bits per heavy atom. The summed E-state index contributed by atoms with van der Waals surface area (Å²) in [5.74, 6) is 2.46. The van der Waals surface area contributed by atoms with Gasteiger partial charge in [-0.25, -0.2) is 9.89 Å². The van der Waals surface area contributed by atoms with Gasteiger partial charge in [-0.1, -0.05) is 18.7 Å². The molecule has 2 N–H and O–H groups in total. The minimum absolute atomic E-state index is 0.153. The summed E-state index contributed by atoms with van der Waals surface area (Å²) >= 11 is 1.50.